The first-order valence-electron chi connectivity index (χ1n) is 8.23. The summed E-state index contributed by atoms with van der Waals surface area (Å²) in [5, 5.41) is 12.2. The maximum absolute atomic E-state index is 13.6. The number of benzene rings is 1. The second kappa shape index (κ2) is 7.64. The van der Waals surface area contributed by atoms with E-state index in [9.17, 15) is 19.1 Å². The van der Waals surface area contributed by atoms with E-state index in [1.165, 1.54) is 19.2 Å². The highest BCUT2D eigenvalue weighted by molar-refractivity contribution is 5.87. The Morgan fingerprint density at radius 2 is 2.04 bits per heavy atom. The van der Waals surface area contributed by atoms with E-state index in [-0.39, 0.29) is 18.1 Å². The zero-order valence-corrected chi connectivity index (χ0v) is 14.1. The monoisotopic (exact) mass is 337 g/mol. The minimum absolute atomic E-state index is 0.121. The molecule has 0 bridgehead atoms. The van der Waals surface area contributed by atoms with Crippen molar-refractivity contribution in [2.24, 2.45) is 5.92 Å². The van der Waals surface area contributed by atoms with Gasteiger partial charge in [-0.25, -0.2) is 9.18 Å². The lowest BCUT2D eigenvalue weighted by atomic mass is 9.77. The second-order valence-corrected chi connectivity index (χ2v) is 6.59. The highest BCUT2D eigenvalue weighted by Gasteiger charge is 2.42. The second-order valence-electron chi connectivity index (χ2n) is 6.59. The van der Waals surface area contributed by atoms with Crippen LogP contribution in [0.4, 0.5) is 4.39 Å². The lowest BCUT2D eigenvalue weighted by Gasteiger charge is -2.36. The highest BCUT2D eigenvalue weighted by atomic mass is 19.1. The van der Waals surface area contributed by atoms with Gasteiger partial charge in [0.2, 0.25) is 5.91 Å². The largest absolute Gasteiger partial charge is 0.494 e. The summed E-state index contributed by atoms with van der Waals surface area (Å²) in [4.78, 5) is 23.8. The molecule has 1 aliphatic carbocycles. The average Bonchev–Trinajstić information content (AvgIpc) is 2.55. The maximum Gasteiger partial charge on any atom is 0.329 e. The Morgan fingerprint density at radius 3 is 2.58 bits per heavy atom. The van der Waals surface area contributed by atoms with Crippen LogP contribution in [0.3, 0.4) is 0 Å². The predicted octanol–water partition coefficient (Wildman–Crippen LogP) is 2.92. The van der Waals surface area contributed by atoms with E-state index in [0.717, 1.165) is 12.8 Å². The van der Waals surface area contributed by atoms with E-state index in [1.807, 2.05) is 0 Å². The van der Waals surface area contributed by atoms with Crippen LogP contribution in [0.1, 0.15) is 44.6 Å². The van der Waals surface area contributed by atoms with Gasteiger partial charge in [0, 0.05) is 6.42 Å². The van der Waals surface area contributed by atoms with Gasteiger partial charge in [-0.1, -0.05) is 13.0 Å². The van der Waals surface area contributed by atoms with Gasteiger partial charge in [-0.15, -0.1) is 0 Å². The zero-order chi connectivity index (χ0) is 17.7. The molecule has 0 atom stereocenters. The molecule has 1 aromatic rings. The number of carbonyl (C=O) groups is 2. The van der Waals surface area contributed by atoms with Gasteiger partial charge in [0.15, 0.2) is 11.6 Å². The number of methoxy groups -OCH3 is 1. The van der Waals surface area contributed by atoms with E-state index < -0.39 is 17.3 Å². The first-order chi connectivity index (χ1) is 11.4. The number of aryl methyl sites for hydroxylation is 1. The Labute approximate surface area is 141 Å². The molecule has 1 amide bonds. The molecule has 5 nitrogen and oxygen atoms in total. The molecule has 24 heavy (non-hydrogen) atoms. The fourth-order valence-electron chi connectivity index (χ4n) is 3.10. The molecule has 1 aromatic carbocycles. The number of carbonyl (C=O) groups excluding carboxylic acids is 1. The number of carboxylic acids is 1. The SMILES string of the molecule is COc1ccc(CCC(=O)NC2(C(=O)O)CCC(C)CC2)cc1F. The van der Waals surface area contributed by atoms with Gasteiger partial charge in [-0.2, -0.15) is 0 Å². The molecule has 6 heteroatoms. The number of hydrogen-bond donors (Lipinski definition) is 2. The molecule has 0 aliphatic heterocycles. The fraction of sp³-hybridized carbons (Fsp3) is 0.556. The van der Waals surface area contributed by atoms with E-state index in [0.29, 0.717) is 30.7 Å². The minimum Gasteiger partial charge on any atom is -0.494 e. The summed E-state index contributed by atoms with van der Waals surface area (Å²) in [6.07, 6.45) is 2.94. The smallest absolute Gasteiger partial charge is 0.329 e. The topological polar surface area (TPSA) is 75.6 Å². The van der Waals surface area contributed by atoms with Crippen LogP contribution < -0.4 is 10.1 Å². The molecule has 0 unspecified atom stereocenters. The van der Waals surface area contributed by atoms with Crippen LogP contribution >= 0.6 is 0 Å². The van der Waals surface area contributed by atoms with Crippen molar-refractivity contribution < 1.29 is 23.8 Å². The Hall–Kier alpha value is -2.11. The van der Waals surface area contributed by atoms with Crippen molar-refractivity contribution in [3.63, 3.8) is 0 Å². The molecule has 2 rings (SSSR count). The standard InChI is InChI=1S/C18H24FNO4/c1-12-7-9-18(10-8-12,17(22)23)20-16(21)6-4-13-3-5-15(24-2)14(19)11-13/h3,5,11-12H,4,6-10H2,1-2H3,(H,20,21)(H,22,23). The number of nitrogens with one attached hydrogen (secondary N) is 1. The molecule has 2 N–H and O–H groups in total. The van der Waals surface area contributed by atoms with E-state index in [1.54, 1.807) is 6.07 Å². The average molecular weight is 337 g/mol. The third-order valence-electron chi connectivity index (χ3n) is 4.77. The Kier molecular flexibility index (Phi) is 5.80. The summed E-state index contributed by atoms with van der Waals surface area (Å²) in [6.45, 7) is 2.09. The van der Waals surface area contributed by atoms with Gasteiger partial charge in [0.1, 0.15) is 5.54 Å². The van der Waals surface area contributed by atoms with Crippen LogP contribution in [-0.4, -0.2) is 29.6 Å². The van der Waals surface area contributed by atoms with Gasteiger partial charge in [0.25, 0.3) is 0 Å². The summed E-state index contributed by atoms with van der Waals surface area (Å²) in [6, 6.07) is 4.55. The molecular weight excluding hydrogens is 313 g/mol. The van der Waals surface area contributed by atoms with Gasteiger partial charge in [0.05, 0.1) is 7.11 Å². The van der Waals surface area contributed by atoms with E-state index in [4.69, 9.17) is 4.74 Å². The first-order valence-corrected chi connectivity index (χ1v) is 8.23. The summed E-state index contributed by atoms with van der Waals surface area (Å²) < 4.78 is 18.5. The van der Waals surface area contributed by atoms with Crippen LogP contribution in [0, 0.1) is 11.7 Å². The number of amides is 1. The van der Waals surface area contributed by atoms with Gasteiger partial charge >= 0.3 is 5.97 Å². The number of halogens is 1. The number of rotatable bonds is 6. The van der Waals surface area contributed by atoms with Crippen molar-refractivity contribution in [2.75, 3.05) is 7.11 Å². The van der Waals surface area contributed by atoms with Crippen LogP contribution in [0.5, 0.6) is 5.75 Å². The normalized spacial score (nSPS) is 23.5. The lowest BCUT2D eigenvalue weighted by Crippen LogP contribution is -2.56. The van der Waals surface area contributed by atoms with Gasteiger partial charge in [-0.05, 0) is 55.7 Å². The lowest BCUT2D eigenvalue weighted by molar-refractivity contribution is -0.149. The number of aliphatic carboxylic acids is 1. The van der Waals surface area contributed by atoms with Crippen LogP contribution in [0.2, 0.25) is 0 Å². The van der Waals surface area contributed by atoms with Gasteiger partial charge < -0.3 is 15.2 Å². The van der Waals surface area contributed by atoms with E-state index in [2.05, 4.69) is 12.2 Å². The maximum atomic E-state index is 13.6. The summed E-state index contributed by atoms with van der Waals surface area (Å²) in [7, 11) is 1.39. The molecule has 0 saturated heterocycles. The summed E-state index contributed by atoms with van der Waals surface area (Å²) >= 11 is 0. The fourth-order valence-corrected chi connectivity index (χ4v) is 3.10. The molecule has 132 valence electrons. The highest BCUT2D eigenvalue weighted by Crippen LogP contribution is 2.32. The molecule has 0 spiro atoms. The third-order valence-corrected chi connectivity index (χ3v) is 4.77. The van der Waals surface area contributed by atoms with Crippen molar-refractivity contribution in [1.29, 1.82) is 0 Å². The zero-order valence-electron chi connectivity index (χ0n) is 14.1. The van der Waals surface area contributed by atoms with Crippen LogP contribution in [0.25, 0.3) is 0 Å². The summed E-state index contributed by atoms with van der Waals surface area (Å²) in [5.41, 5.74) is -0.487. The quantitative estimate of drug-likeness (QED) is 0.837. The Bertz CT molecular complexity index is 609. The molecule has 1 aliphatic rings. The van der Waals surface area contributed by atoms with Crippen molar-refractivity contribution >= 4 is 11.9 Å². The molecule has 1 saturated carbocycles. The molecular formula is C18H24FNO4. The molecule has 0 heterocycles. The van der Waals surface area contributed by atoms with Crippen LogP contribution in [-0.2, 0) is 16.0 Å². The van der Waals surface area contributed by atoms with Crippen molar-refractivity contribution in [1.82, 2.24) is 5.32 Å². The van der Waals surface area contributed by atoms with Crippen molar-refractivity contribution in [3.8, 4) is 5.75 Å². The minimum atomic E-state index is -1.16. The first kappa shape index (κ1) is 18.2. The van der Waals surface area contributed by atoms with Crippen molar-refractivity contribution in [3.05, 3.63) is 29.6 Å². The number of carboxylic acid groups (broad SMARTS) is 1. The molecule has 0 aromatic heterocycles. The van der Waals surface area contributed by atoms with Crippen molar-refractivity contribution in [2.45, 2.75) is 51.0 Å². The summed E-state index contributed by atoms with van der Waals surface area (Å²) in [5.74, 6) is -1.12. The Morgan fingerprint density at radius 1 is 1.38 bits per heavy atom. The molecule has 1 fully saturated rings. The van der Waals surface area contributed by atoms with Gasteiger partial charge in [-0.3, -0.25) is 4.79 Å². The third kappa shape index (κ3) is 4.24. The molecule has 0 radical (unpaired) electrons. The van der Waals surface area contributed by atoms with Crippen LogP contribution in [0.15, 0.2) is 18.2 Å². The number of hydrogen-bond acceptors (Lipinski definition) is 3. The number of ether oxygens (including phenoxy) is 1. The Balaban J connectivity index is 1.94. The predicted molar refractivity (Wildman–Crippen MR) is 87.4 cm³/mol. The van der Waals surface area contributed by atoms with E-state index >= 15 is 0 Å².